The molecule has 3 N–H and O–H groups in total. The van der Waals surface area contributed by atoms with Gasteiger partial charge in [0.25, 0.3) is 5.91 Å². The van der Waals surface area contributed by atoms with Crippen molar-refractivity contribution in [3.8, 4) is 0 Å². The zero-order valence-electron chi connectivity index (χ0n) is 13.8. The van der Waals surface area contributed by atoms with Gasteiger partial charge in [-0.2, -0.15) is 0 Å². The molecule has 0 atom stereocenters. The number of carbonyl (C=O) groups is 4. The number of urea groups is 1. The first-order valence-electron chi connectivity index (χ1n) is 7.60. The number of Topliss-reactive ketones (excluding diaryl/α,β-unsaturated/α-hetero) is 1. The molecular weight excluding hydrogens is 348 g/mol. The number of nitrogens with one attached hydrogen (secondary N) is 3. The molecule has 1 aromatic rings. The quantitative estimate of drug-likeness (QED) is 0.607. The Labute approximate surface area is 147 Å². The molecular formula is C15H18N4O5S. The monoisotopic (exact) mass is 366 g/mol. The van der Waals surface area contributed by atoms with Crippen LogP contribution in [0.3, 0.4) is 0 Å². The Bertz CT molecular complexity index is 740. The number of unbranched alkanes of at least 4 members (excludes halogenated alkanes) is 1. The SMILES string of the molecule is CNC(=O)NCCCCSC1=CC(=O)c2onc(C(=O)NC)c2C1=O. The molecule has 0 unspecified atom stereocenters. The molecule has 0 bridgehead atoms. The van der Waals surface area contributed by atoms with Crippen molar-refractivity contribution in [2.24, 2.45) is 0 Å². The van der Waals surface area contributed by atoms with Gasteiger partial charge in [-0.25, -0.2) is 4.79 Å². The van der Waals surface area contributed by atoms with Crippen LogP contribution in [0.15, 0.2) is 15.5 Å². The van der Waals surface area contributed by atoms with Crippen LogP contribution in [0.25, 0.3) is 0 Å². The van der Waals surface area contributed by atoms with E-state index in [0.717, 1.165) is 12.8 Å². The fraction of sp³-hybridized carbons (Fsp3) is 0.400. The number of fused-ring (bicyclic) bond motifs is 1. The average molecular weight is 366 g/mol. The van der Waals surface area contributed by atoms with Gasteiger partial charge in [0.15, 0.2) is 5.69 Å². The summed E-state index contributed by atoms with van der Waals surface area (Å²) in [7, 11) is 2.94. The molecule has 1 aromatic heterocycles. The molecule has 1 aliphatic rings. The number of ketones is 2. The second kappa shape index (κ2) is 8.47. The van der Waals surface area contributed by atoms with Crippen molar-refractivity contribution >= 4 is 35.3 Å². The van der Waals surface area contributed by atoms with Crippen LogP contribution in [0.2, 0.25) is 0 Å². The lowest BCUT2D eigenvalue weighted by atomic mass is 10.00. The van der Waals surface area contributed by atoms with E-state index in [9.17, 15) is 19.2 Å². The van der Waals surface area contributed by atoms with E-state index >= 15 is 0 Å². The summed E-state index contributed by atoms with van der Waals surface area (Å²) in [5.74, 6) is -1.12. The predicted molar refractivity (Wildman–Crippen MR) is 90.8 cm³/mol. The number of nitrogens with zero attached hydrogens (tertiary/aromatic N) is 1. The van der Waals surface area contributed by atoms with E-state index in [4.69, 9.17) is 4.52 Å². The first-order chi connectivity index (χ1) is 12.0. The van der Waals surface area contributed by atoms with Gasteiger partial charge in [0, 0.05) is 26.7 Å². The van der Waals surface area contributed by atoms with Gasteiger partial charge in [0.05, 0.1) is 4.91 Å². The summed E-state index contributed by atoms with van der Waals surface area (Å²) in [4.78, 5) is 47.6. The van der Waals surface area contributed by atoms with Crippen LogP contribution < -0.4 is 16.0 Å². The second-order valence-electron chi connectivity index (χ2n) is 5.08. The Kier molecular flexibility index (Phi) is 6.34. The van der Waals surface area contributed by atoms with Crippen molar-refractivity contribution in [3.63, 3.8) is 0 Å². The lowest BCUT2D eigenvalue weighted by Gasteiger charge is -2.10. The maximum absolute atomic E-state index is 12.5. The van der Waals surface area contributed by atoms with Gasteiger partial charge in [-0.05, 0) is 18.6 Å². The van der Waals surface area contributed by atoms with E-state index in [1.165, 1.54) is 31.9 Å². The fourth-order valence-corrected chi connectivity index (χ4v) is 3.11. The molecule has 0 fully saturated rings. The summed E-state index contributed by atoms with van der Waals surface area (Å²) >= 11 is 1.23. The predicted octanol–water partition coefficient (Wildman–Crippen LogP) is 0.739. The first-order valence-corrected chi connectivity index (χ1v) is 8.59. The standard InChI is InChI=1S/C15H18N4O5S/c1-16-14(22)11-10-12(21)9(7-8(20)13(10)24-19-11)25-6-4-3-5-18-15(23)17-2/h7H,3-6H2,1-2H3,(H,16,22)(H2,17,18,23). The van der Waals surface area contributed by atoms with Crippen molar-refractivity contribution < 1.29 is 23.7 Å². The molecule has 0 radical (unpaired) electrons. The average Bonchev–Trinajstić information content (AvgIpc) is 3.06. The molecule has 25 heavy (non-hydrogen) atoms. The topological polar surface area (TPSA) is 130 Å². The van der Waals surface area contributed by atoms with Gasteiger partial charge < -0.3 is 20.5 Å². The van der Waals surface area contributed by atoms with E-state index in [1.807, 2.05) is 0 Å². The Balaban J connectivity index is 1.94. The molecule has 0 aliphatic heterocycles. The van der Waals surface area contributed by atoms with Crippen molar-refractivity contribution in [3.05, 3.63) is 28.0 Å². The number of allylic oxidation sites excluding steroid dienone is 2. The van der Waals surface area contributed by atoms with E-state index in [1.54, 1.807) is 0 Å². The van der Waals surface area contributed by atoms with Crippen molar-refractivity contribution in [2.75, 3.05) is 26.4 Å². The number of rotatable bonds is 7. The van der Waals surface area contributed by atoms with Crippen LogP contribution >= 0.6 is 11.8 Å². The van der Waals surface area contributed by atoms with Gasteiger partial charge in [-0.3, -0.25) is 14.4 Å². The van der Waals surface area contributed by atoms with Crippen LogP contribution in [0.1, 0.15) is 44.2 Å². The molecule has 0 spiro atoms. The van der Waals surface area contributed by atoms with Gasteiger partial charge in [0.1, 0.15) is 5.56 Å². The maximum Gasteiger partial charge on any atom is 0.314 e. The van der Waals surface area contributed by atoms with Crippen molar-refractivity contribution in [2.45, 2.75) is 12.8 Å². The highest BCUT2D eigenvalue weighted by atomic mass is 32.2. The minimum atomic E-state index is -0.585. The third-order valence-electron chi connectivity index (χ3n) is 3.41. The lowest BCUT2D eigenvalue weighted by Crippen LogP contribution is -2.33. The number of aromatic nitrogens is 1. The van der Waals surface area contributed by atoms with E-state index in [2.05, 4.69) is 21.1 Å². The van der Waals surface area contributed by atoms with Crippen LogP contribution in [-0.2, 0) is 0 Å². The molecule has 134 valence electrons. The number of hydrogen-bond donors (Lipinski definition) is 3. The highest BCUT2D eigenvalue weighted by molar-refractivity contribution is 8.04. The van der Waals surface area contributed by atoms with E-state index in [-0.39, 0.29) is 28.0 Å². The number of thioether (sulfide) groups is 1. The Morgan fingerprint density at radius 2 is 1.96 bits per heavy atom. The van der Waals surface area contributed by atoms with Crippen LogP contribution in [0.4, 0.5) is 4.79 Å². The van der Waals surface area contributed by atoms with E-state index in [0.29, 0.717) is 12.3 Å². The lowest BCUT2D eigenvalue weighted by molar-refractivity contribution is 0.0944. The zero-order valence-corrected chi connectivity index (χ0v) is 14.6. The number of amides is 3. The summed E-state index contributed by atoms with van der Waals surface area (Å²) in [5.41, 5.74) is -0.271. The third kappa shape index (κ3) is 4.27. The first kappa shape index (κ1) is 18.7. The number of hydrogen-bond acceptors (Lipinski definition) is 7. The normalized spacial score (nSPS) is 13.1. The van der Waals surface area contributed by atoms with Crippen LogP contribution in [0, 0.1) is 0 Å². The smallest absolute Gasteiger partial charge is 0.314 e. The van der Waals surface area contributed by atoms with E-state index < -0.39 is 17.5 Å². The van der Waals surface area contributed by atoms with Crippen LogP contribution in [0.5, 0.6) is 0 Å². The highest BCUT2D eigenvalue weighted by Gasteiger charge is 2.35. The summed E-state index contributed by atoms with van der Waals surface area (Å²) in [6.45, 7) is 0.517. The van der Waals surface area contributed by atoms with Crippen molar-refractivity contribution in [1.82, 2.24) is 21.1 Å². The van der Waals surface area contributed by atoms with Gasteiger partial charge in [-0.15, -0.1) is 11.8 Å². The summed E-state index contributed by atoms with van der Waals surface area (Å²) in [6.07, 6.45) is 2.68. The molecule has 0 saturated carbocycles. The molecule has 0 aromatic carbocycles. The fourth-order valence-electron chi connectivity index (χ4n) is 2.12. The largest absolute Gasteiger partial charge is 0.354 e. The minimum Gasteiger partial charge on any atom is -0.354 e. The Hall–Kier alpha value is -2.62. The minimum absolute atomic E-state index is 0.0874. The second-order valence-corrected chi connectivity index (χ2v) is 6.21. The maximum atomic E-state index is 12.5. The highest BCUT2D eigenvalue weighted by Crippen LogP contribution is 2.30. The Morgan fingerprint density at radius 1 is 1.20 bits per heavy atom. The van der Waals surface area contributed by atoms with Gasteiger partial charge >= 0.3 is 6.03 Å². The zero-order chi connectivity index (χ0) is 18.4. The molecule has 3 amide bonds. The molecule has 1 aliphatic carbocycles. The van der Waals surface area contributed by atoms with Crippen molar-refractivity contribution in [1.29, 1.82) is 0 Å². The molecule has 0 saturated heterocycles. The van der Waals surface area contributed by atoms with Gasteiger partial charge in [0.2, 0.25) is 17.3 Å². The summed E-state index contributed by atoms with van der Waals surface area (Å²) in [6, 6.07) is -0.245. The summed E-state index contributed by atoms with van der Waals surface area (Å²) in [5, 5.41) is 11.0. The number of carbonyl (C=O) groups excluding carboxylic acids is 4. The molecule has 2 rings (SSSR count). The third-order valence-corrected chi connectivity index (χ3v) is 4.52. The van der Waals surface area contributed by atoms with Gasteiger partial charge in [-0.1, -0.05) is 5.16 Å². The molecule has 1 heterocycles. The van der Waals surface area contributed by atoms with Crippen LogP contribution in [-0.4, -0.2) is 55.1 Å². The Morgan fingerprint density at radius 3 is 2.64 bits per heavy atom. The summed E-state index contributed by atoms with van der Waals surface area (Å²) < 4.78 is 4.85. The molecule has 10 heteroatoms. The molecule has 9 nitrogen and oxygen atoms in total.